The first kappa shape index (κ1) is 46.4. The molecule has 6 N–H and O–H groups in total. The average Bonchev–Trinajstić information content (AvgIpc) is 3.73. The number of aliphatic hydroxyl groups excluding tert-OH is 1. The smallest absolute Gasteiger partial charge is 0.470 e. The fourth-order valence-electron chi connectivity index (χ4n) is 11.4. The summed E-state index contributed by atoms with van der Waals surface area (Å²) in [6.07, 6.45) is 6.00. The summed E-state index contributed by atoms with van der Waals surface area (Å²) < 4.78 is 30.0. The molecule has 2 aromatic carbocycles. The van der Waals surface area contributed by atoms with E-state index in [2.05, 4.69) is 36.3 Å². The highest BCUT2D eigenvalue weighted by Crippen LogP contribution is 2.70. The summed E-state index contributed by atoms with van der Waals surface area (Å²) in [6.45, 7) is 8.73. The molecule has 1 heterocycles. The standard InChI is InChI=1S/C47H57N2O13P/c1-5-40(53)48-25-34(50)22-31(13-16-41(54)55)43(56)49-33-8-6-7-29(21-33)20-28-9-11-30(12-10-28)44-61-39-23-36-35-15-14-32-19-27(2)17-18-45(32,3)42(35)37(51)24-46(36,4)47(39,62-44)38(52)26-60-63(57,58)59/h6-12,17-19,21,31,35-37,39,42,44,51H,2,5,13-16,20,22-26H2,1,3-4H3,(H,48,53)(H,49,56)(H,54,55)(H2,57,58,59)/t31-,35+,36+,37+,39-,42-,44-,45+,46+,47-/m1/s1. The zero-order valence-electron chi connectivity index (χ0n) is 35.8. The normalized spacial score (nSPS) is 31.1. The minimum atomic E-state index is -5.02. The number of ketones is 2. The van der Waals surface area contributed by atoms with Crippen LogP contribution in [0.4, 0.5) is 5.69 Å². The van der Waals surface area contributed by atoms with Gasteiger partial charge >= 0.3 is 13.8 Å². The summed E-state index contributed by atoms with van der Waals surface area (Å²) in [6, 6.07) is 14.6. The van der Waals surface area contributed by atoms with Crippen LogP contribution in [-0.2, 0) is 49.0 Å². The number of fused-ring (bicyclic) bond motifs is 7. The van der Waals surface area contributed by atoms with E-state index in [-0.39, 0.29) is 68.1 Å². The van der Waals surface area contributed by atoms with Crippen LogP contribution < -0.4 is 10.6 Å². The molecule has 0 aromatic heterocycles. The van der Waals surface area contributed by atoms with Crippen LogP contribution in [0.15, 0.2) is 84.5 Å². The number of hydrogen-bond donors (Lipinski definition) is 6. The minimum absolute atomic E-state index is 0.0140. The fraction of sp³-hybridized carbons (Fsp3) is 0.511. The lowest BCUT2D eigenvalue weighted by Crippen LogP contribution is -2.63. The molecule has 0 unspecified atom stereocenters. The number of hydrogen-bond acceptors (Lipinski definition) is 10. The third-order valence-corrected chi connectivity index (χ3v) is 14.8. The van der Waals surface area contributed by atoms with Crippen LogP contribution in [0.3, 0.4) is 0 Å². The maximum absolute atomic E-state index is 14.4. The number of nitrogens with one attached hydrogen (secondary N) is 2. The van der Waals surface area contributed by atoms with Gasteiger partial charge in [-0.2, -0.15) is 0 Å². The van der Waals surface area contributed by atoms with E-state index in [1.165, 1.54) is 5.57 Å². The third kappa shape index (κ3) is 9.33. The van der Waals surface area contributed by atoms with Crippen molar-refractivity contribution in [3.8, 4) is 0 Å². The Morgan fingerprint density at radius 1 is 1.06 bits per heavy atom. The molecule has 15 nitrogen and oxygen atoms in total. The minimum Gasteiger partial charge on any atom is -0.481 e. The first-order valence-electron chi connectivity index (χ1n) is 21.6. The summed E-state index contributed by atoms with van der Waals surface area (Å²) in [7, 11) is -5.02. The highest BCUT2D eigenvalue weighted by Gasteiger charge is 2.76. The van der Waals surface area contributed by atoms with Gasteiger partial charge in [0.25, 0.3) is 0 Å². The number of carboxylic acid groups (broad SMARTS) is 1. The van der Waals surface area contributed by atoms with E-state index in [1.807, 2.05) is 43.3 Å². The van der Waals surface area contributed by atoms with Crippen LogP contribution in [0.5, 0.6) is 0 Å². The summed E-state index contributed by atoms with van der Waals surface area (Å²) in [4.78, 5) is 82.4. The SMILES string of the molecule is C=C1C=C[C@@]2(C)C(=C1)CC[C@@H]1[C@@H]2[C@@H](O)C[C@@]2(C)[C@H]1C[C@H]1O[C@@H](c3ccc(Cc4cccc(NC(=O)[C@H](CCC(=O)O)CC(=O)CNC(=O)CC)c4)cc3)O[C@]12C(=O)COP(=O)(O)O. The third-order valence-electron chi connectivity index (χ3n) is 14.3. The number of ether oxygens (including phenoxy) is 2. The molecular formula is C47H57N2O13P. The van der Waals surface area contributed by atoms with Gasteiger partial charge in [-0.1, -0.05) is 87.5 Å². The summed E-state index contributed by atoms with van der Waals surface area (Å²) in [5, 5.41) is 26.6. The number of phosphoric ester groups is 1. The van der Waals surface area contributed by atoms with E-state index in [4.69, 9.17) is 14.0 Å². The zero-order chi connectivity index (χ0) is 45.5. The molecule has 1 aliphatic heterocycles. The van der Waals surface area contributed by atoms with Gasteiger partial charge in [-0.15, -0.1) is 0 Å². The molecule has 0 bridgehead atoms. The van der Waals surface area contributed by atoms with E-state index >= 15 is 0 Å². The topological polar surface area (TPSA) is 235 Å². The van der Waals surface area contributed by atoms with Gasteiger partial charge < -0.3 is 40.1 Å². The Balaban J connectivity index is 1.06. The van der Waals surface area contributed by atoms with E-state index in [9.17, 15) is 48.5 Å². The maximum Gasteiger partial charge on any atom is 0.470 e. The number of phosphoric acid groups is 1. The van der Waals surface area contributed by atoms with Crippen LogP contribution in [0.2, 0.25) is 0 Å². The van der Waals surface area contributed by atoms with Gasteiger partial charge in [0.05, 0.1) is 18.8 Å². The van der Waals surface area contributed by atoms with E-state index in [1.54, 1.807) is 25.1 Å². The number of anilines is 1. The number of carbonyl (C=O) groups is 5. The molecular weight excluding hydrogens is 831 g/mol. The molecule has 1 saturated heterocycles. The Morgan fingerprint density at radius 3 is 2.51 bits per heavy atom. The zero-order valence-corrected chi connectivity index (χ0v) is 36.7. The van der Waals surface area contributed by atoms with Gasteiger partial charge in [0.1, 0.15) is 6.61 Å². The maximum atomic E-state index is 14.4. The predicted molar refractivity (Wildman–Crippen MR) is 230 cm³/mol. The number of Topliss-reactive ketones (excluding diaryl/α,β-unsaturated/α-hetero) is 2. The lowest BCUT2D eigenvalue weighted by atomic mass is 9.46. The molecule has 7 rings (SSSR count). The molecule has 5 aliphatic rings. The lowest BCUT2D eigenvalue weighted by Gasteiger charge is -2.59. The second kappa shape index (κ2) is 18.1. The van der Waals surface area contributed by atoms with Crippen molar-refractivity contribution in [3.63, 3.8) is 0 Å². The molecule has 0 radical (unpaired) electrons. The largest absolute Gasteiger partial charge is 0.481 e. The summed E-state index contributed by atoms with van der Waals surface area (Å²) in [5.74, 6) is -4.06. The molecule has 4 aliphatic carbocycles. The number of allylic oxidation sites excluding steroid dienone is 5. The van der Waals surface area contributed by atoms with Crippen LogP contribution in [0.1, 0.15) is 95.1 Å². The molecule has 338 valence electrons. The monoisotopic (exact) mass is 888 g/mol. The Hall–Kier alpha value is -4.60. The van der Waals surface area contributed by atoms with Crippen molar-refractivity contribution in [3.05, 3.63) is 101 Å². The average molecular weight is 889 g/mol. The van der Waals surface area contributed by atoms with Crippen LogP contribution >= 0.6 is 7.82 Å². The molecule has 2 amide bonds. The van der Waals surface area contributed by atoms with Gasteiger partial charge in [0.2, 0.25) is 11.8 Å². The molecule has 63 heavy (non-hydrogen) atoms. The number of aliphatic hydroxyl groups is 1. The molecule has 10 atom stereocenters. The van der Waals surface area contributed by atoms with E-state index < -0.39 is 72.9 Å². The Kier molecular flexibility index (Phi) is 13.3. The molecule has 4 fully saturated rings. The summed E-state index contributed by atoms with van der Waals surface area (Å²) >= 11 is 0. The fourth-order valence-corrected chi connectivity index (χ4v) is 11.7. The molecule has 0 spiro atoms. The second-order valence-corrected chi connectivity index (χ2v) is 19.5. The van der Waals surface area contributed by atoms with E-state index in [0.717, 1.165) is 29.5 Å². The van der Waals surface area contributed by atoms with Crippen molar-refractivity contribution < 1.29 is 62.5 Å². The van der Waals surface area contributed by atoms with Gasteiger partial charge in [-0.25, -0.2) is 4.57 Å². The van der Waals surface area contributed by atoms with Crippen molar-refractivity contribution in [1.82, 2.24) is 5.32 Å². The van der Waals surface area contributed by atoms with Crippen molar-refractivity contribution in [1.29, 1.82) is 0 Å². The Morgan fingerprint density at radius 2 is 1.81 bits per heavy atom. The lowest BCUT2D eigenvalue weighted by molar-refractivity contribution is -0.200. The van der Waals surface area contributed by atoms with E-state index in [0.29, 0.717) is 24.1 Å². The van der Waals surface area contributed by atoms with Gasteiger partial charge in [0.15, 0.2) is 23.5 Å². The molecule has 2 aromatic rings. The number of carbonyl (C=O) groups excluding carboxylic acids is 4. The highest BCUT2D eigenvalue weighted by atomic mass is 31.2. The van der Waals surface area contributed by atoms with Gasteiger partial charge in [-0.05, 0) is 79.2 Å². The number of amides is 2. The number of benzene rings is 2. The first-order valence-corrected chi connectivity index (χ1v) is 23.1. The van der Waals surface area contributed by atoms with Crippen LogP contribution in [0, 0.1) is 34.5 Å². The van der Waals surface area contributed by atoms with Crippen molar-refractivity contribution >= 4 is 42.9 Å². The number of aliphatic carboxylic acids is 1. The second-order valence-electron chi connectivity index (χ2n) is 18.2. The Bertz CT molecular complexity index is 2270. The first-order chi connectivity index (χ1) is 29.8. The van der Waals surface area contributed by atoms with Crippen LogP contribution in [0.25, 0.3) is 0 Å². The quantitative estimate of drug-likeness (QED) is 0.102. The highest BCUT2D eigenvalue weighted by molar-refractivity contribution is 7.46. The van der Waals surface area contributed by atoms with Crippen molar-refractivity contribution in [2.24, 2.45) is 34.5 Å². The molecule has 3 saturated carbocycles. The van der Waals surface area contributed by atoms with Crippen molar-refractivity contribution in [2.75, 3.05) is 18.5 Å². The Labute approximate surface area is 366 Å². The molecule has 16 heteroatoms. The summed E-state index contributed by atoms with van der Waals surface area (Å²) in [5.41, 5.74) is 1.96. The number of carboxylic acids is 1. The van der Waals surface area contributed by atoms with Gasteiger partial charge in [0, 0.05) is 53.2 Å². The number of rotatable bonds is 17. The van der Waals surface area contributed by atoms with Crippen LogP contribution in [-0.4, -0.2) is 80.3 Å². The van der Waals surface area contributed by atoms with Crippen molar-refractivity contribution in [2.45, 2.75) is 103 Å². The predicted octanol–water partition coefficient (Wildman–Crippen LogP) is 5.89. The van der Waals surface area contributed by atoms with Gasteiger partial charge in [-0.3, -0.25) is 28.5 Å².